The first-order valence-electron chi connectivity index (χ1n) is 11.2. The van der Waals surface area contributed by atoms with E-state index in [4.69, 9.17) is 18.6 Å². The Bertz CT molecular complexity index is 1250. The molecule has 2 heterocycles. The van der Waals surface area contributed by atoms with E-state index in [1.54, 1.807) is 20.8 Å². The van der Waals surface area contributed by atoms with E-state index in [0.29, 0.717) is 5.82 Å². The Kier molecular flexibility index (Phi) is 8.19. The number of hydrogen-bond acceptors (Lipinski definition) is 10. The predicted molar refractivity (Wildman–Crippen MR) is 127 cm³/mol. The quantitative estimate of drug-likeness (QED) is 0.341. The summed E-state index contributed by atoms with van der Waals surface area (Å²) in [5, 5.41) is 2.88. The minimum atomic E-state index is -0.791. The van der Waals surface area contributed by atoms with Gasteiger partial charge in [0.25, 0.3) is 0 Å². The average molecular weight is 482 g/mol. The standard InChI is InChI=1S/C25H27N3O7/c1-6-32-23(29)17-13-26-20(16-11-9-10-14(4)12-16)27-21(17)28-22-19(25(31)34-8-3)18(15(5)35-22)24(30)33-7-2/h9-13H,6-8H2,1-5H3,(H,26,27,28). The van der Waals surface area contributed by atoms with E-state index < -0.39 is 17.9 Å². The van der Waals surface area contributed by atoms with Crippen LogP contribution in [0.25, 0.3) is 11.4 Å². The fraction of sp³-hybridized carbons (Fsp3) is 0.320. The van der Waals surface area contributed by atoms with Gasteiger partial charge in [0, 0.05) is 11.8 Å². The first-order chi connectivity index (χ1) is 16.8. The maximum Gasteiger partial charge on any atom is 0.344 e. The number of carbonyl (C=O) groups is 3. The Hall–Kier alpha value is -4.21. The summed E-state index contributed by atoms with van der Waals surface area (Å²) >= 11 is 0. The highest BCUT2D eigenvalue weighted by Gasteiger charge is 2.31. The van der Waals surface area contributed by atoms with Crippen LogP contribution >= 0.6 is 0 Å². The zero-order valence-corrected chi connectivity index (χ0v) is 20.3. The molecular weight excluding hydrogens is 454 g/mol. The third kappa shape index (κ3) is 5.65. The van der Waals surface area contributed by atoms with Crippen molar-refractivity contribution < 1.29 is 33.0 Å². The van der Waals surface area contributed by atoms with Crippen LogP contribution in [0.5, 0.6) is 0 Å². The summed E-state index contributed by atoms with van der Waals surface area (Å²) in [6.45, 7) is 8.73. The van der Waals surface area contributed by atoms with Crippen molar-refractivity contribution in [2.24, 2.45) is 0 Å². The maximum atomic E-state index is 12.8. The SMILES string of the molecule is CCOC(=O)c1cnc(-c2cccc(C)c2)nc1Nc1oc(C)c(C(=O)OCC)c1C(=O)OCC. The number of esters is 3. The Morgan fingerprint density at radius 2 is 1.54 bits per heavy atom. The van der Waals surface area contributed by atoms with Crippen molar-refractivity contribution in [3.05, 3.63) is 58.5 Å². The van der Waals surface area contributed by atoms with Gasteiger partial charge in [0.05, 0.1) is 19.8 Å². The fourth-order valence-electron chi connectivity index (χ4n) is 3.35. The summed E-state index contributed by atoms with van der Waals surface area (Å²) < 4.78 is 21.1. The number of aryl methyl sites for hydroxylation is 2. The molecule has 0 bridgehead atoms. The van der Waals surface area contributed by atoms with Crippen molar-refractivity contribution in [1.82, 2.24) is 9.97 Å². The summed E-state index contributed by atoms with van der Waals surface area (Å²) in [5.41, 5.74) is 1.51. The monoisotopic (exact) mass is 481 g/mol. The van der Waals surface area contributed by atoms with Gasteiger partial charge in [0.15, 0.2) is 11.6 Å². The van der Waals surface area contributed by atoms with E-state index in [2.05, 4.69) is 15.3 Å². The number of carbonyl (C=O) groups excluding carboxylic acids is 3. The molecule has 0 aliphatic carbocycles. The highest BCUT2D eigenvalue weighted by molar-refractivity contribution is 6.08. The van der Waals surface area contributed by atoms with Crippen LogP contribution in [0.2, 0.25) is 0 Å². The molecule has 0 spiro atoms. The van der Waals surface area contributed by atoms with Gasteiger partial charge in [-0.05, 0) is 40.7 Å². The number of benzene rings is 1. The second kappa shape index (κ2) is 11.3. The van der Waals surface area contributed by atoms with E-state index in [9.17, 15) is 14.4 Å². The summed E-state index contributed by atoms with van der Waals surface area (Å²) in [4.78, 5) is 46.8. The van der Waals surface area contributed by atoms with Crippen molar-refractivity contribution in [3.63, 3.8) is 0 Å². The Labute approximate surface area is 202 Å². The van der Waals surface area contributed by atoms with Crippen LogP contribution in [0, 0.1) is 13.8 Å². The summed E-state index contributed by atoms with van der Waals surface area (Å²) in [7, 11) is 0. The first-order valence-corrected chi connectivity index (χ1v) is 11.2. The Morgan fingerprint density at radius 3 is 2.17 bits per heavy atom. The van der Waals surface area contributed by atoms with Gasteiger partial charge in [-0.25, -0.2) is 24.4 Å². The maximum absolute atomic E-state index is 12.8. The zero-order chi connectivity index (χ0) is 25.5. The number of anilines is 2. The molecule has 0 saturated carbocycles. The third-order valence-corrected chi connectivity index (χ3v) is 4.84. The molecule has 0 radical (unpaired) electrons. The molecule has 0 fully saturated rings. The van der Waals surface area contributed by atoms with Gasteiger partial charge < -0.3 is 23.9 Å². The van der Waals surface area contributed by atoms with Crippen LogP contribution in [0.1, 0.15) is 63.2 Å². The van der Waals surface area contributed by atoms with Crippen LogP contribution < -0.4 is 5.32 Å². The minimum Gasteiger partial charge on any atom is -0.462 e. The zero-order valence-electron chi connectivity index (χ0n) is 20.3. The molecule has 1 N–H and O–H groups in total. The van der Waals surface area contributed by atoms with E-state index in [0.717, 1.165) is 11.1 Å². The lowest BCUT2D eigenvalue weighted by Crippen LogP contribution is -2.15. The molecule has 2 aromatic heterocycles. The van der Waals surface area contributed by atoms with E-state index in [-0.39, 0.29) is 54.0 Å². The van der Waals surface area contributed by atoms with Crippen LogP contribution in [-0.4, -0.2) is 47.7 Å². The van der Waals surface area contributed by atoms with Crippen LogP contribution in [0.3, 0.4) is 0 Å². The van der Waals surface area contributed by atoms with Crippen LogP contribution in [0.4, 0.5) is 11.7 Å². The number of nitrogens with zero attached hydrogens (tertiary/aromatic N) is 2. The lowest BCUT2D eigenvalue weighted by molar-refractivity contribution is 0.0480. The number of aromatic nitrogens is 2. The molecule has 0 aliphatic heterocycles. The van der Waals surface area contributed by atoms with Gasteiger partial charge in [-0.15, -0.1) is 0 Å². The van der Waals surface area contributed by atoms with E-state index in [1.165, 1.54) is 13.1 Å². The van der Waals surface area contributed by atoms with Crippen molar-refractivity contribution in [2.45, 2.75) is 34.6 Å². The molecule has 10 nitrogen and oxygen atoms in total. The van der Waals surface area contributed by atoms with Gasteiger partial charge in [-0.2, -0.15) is 0 Å². The highest BCUT2D eigenvalue weighted by atomic mass is 16.5. The van der Waals surface area contributed by atoms with Crippen LogP contribution in [0.15, 0.2) is 34.9 Å². The molecule has 0 amide bonds. The summed E-state index contributed by atoms with van der Waals surface area (Å²) in [6.07, 6.45) is 1.33. The summed E-state index contributed by atoms with van der Waals surface area (Å²) in [6, 6.07) is 7.52. The van der Waals surface area contributed by atoms with Gasteiger partial charge in [0.1, 0.15) is 22.5 Å². The molecule has 10 heteroatoms. The number of rotatable bonds is 9. The molecule has 3 aromatic rings. The van der Waals surface area contributed by atoms with E-state index in [1.807, 2.05) is 31.2 Å². The molecule has 35 heavy (non-hydrogen) atoms. The lowest BCUT2D eigenvalue weighted by Gasteiger charge is -2.12. The van der Waals surface area contributed by atoms with Crippen molar-refractivity contribution in [3.8, 4) is 11.4 Å². The first kappa shape index (κ1) is 25.4. The van der Waals surface area contributed by atoms with Gasteiger partial charge in [-0.1, -0.05) is 23.8 Å². The second-order valence-electron chi connectivity index (χ2n) is 7.35. The molecule has 0 aliphatic rings. The third-order valence-electron chi connectivity index (χ3n) is 4.84. The minimum absolute atomic E-state index is 0.0183. The predicted octanol–water partition coefficient (Wildman–Crippen LogP) is 4.63. The van der Waals surface area contributed by atoms with Crippen molar-refractivity contribution in [1.29, 1.82) is 0 Å². The molecule has 184 valence electrons. The topological polar surface area (TPSA) is 130 Å². The van der Waals surface area contributed by atoms with Crippen molar-refractivity contribution >= 4 is 29.6 Å². The average Bonchev–Trinajstić information content (AvgIpc) is 3.15. The molecule has 3 rings (SSSR count). The number of hydrogen-bond donors (Lipinski definition) is 1. The lowest BCUT2D eigenvalue weighted by atomic mass is 10.1. The Morgan fingerprint density at radius 1 is 0.914 bits per heavy atom. The molecule has 1 aromatic carbocycles. The fourth-order valence-corrected chi connectivity index (χ4v) is 3.35. The highest BCUT2D eigenvalue weighted by Crippen LogP contribution is 2.32. The molecule has 0 unspecified atom stereocenters. The number of ether oxygens (including phenoxy) is 3. The summed E-state index contributed by atoms with van der Waals surface area (Å²) in [5.74, 6) is -1.82. The molecule has 0 atom stereocenters. The Balaban J connectivity index is 2.16. The largest absolute Gasteiger partial charge is 0.462 e. The normalized spacial score (nSPS) is 10.5. The van der Waals surface area contributed by atoms with Gasteiger partial charge >= 0.3 is 17.9 Å². The number of furan rings is 1. The second-order valence-corrected chi connectivity index (χ2v) is 7.35. The number of nitrogens with one attached hydrogen (secondary N) is 1. The smallest absolute Gasteiger partial charge is 0.344 e. The molecular formula is C25H27N3O7. The van der Waals surface area contributed by atoms with Gasteiger partial charge in [-0.3, -0.25) is 0 Å². The van der Waals surface area contributed by atoms with Crippen LogP contribution in [-0.2, 0) is 14.2 Å². The molecule has 0 saturated heterocycles. The van der Waals surface area contributed by atoms with Gasteiger partial charge in [0.2, 0.25) is 5.88 Å². The van der Waals surface area contributed by atoms with E-state index >= 15 is 0 Å². The van der Waals surface area contributed by atoms with Crippen molar-refractivity contribution in [2.75, 3.05) is 25.1 Å².